The first-order chi connectivity index (χ1) is 8.34. The van der Waals surface area contributed by atoms with Gasteiger partial charge in [0.1, 0.15) is 5.82 Å². The molecule has 0 saturated carbocycles. The smallest absolute Gasteiger partial charge is 0.160 e. The van der Waals surface area contributed by atoms with Crippen LogP contribution < -0.4 is 0 Å². The predicted molar refractivity (Wildman–Crippen MR) is 67.0 cm³/mol. The zero-order chi connectivity index (χ0) is 11.7. The number of aromatic nitrogens is 3. The third-order valence-corrected chi connectivity index (χ3v) is 3.72. The molecule has 90 valence electrons. The molecule has 1 fully saturated rings. The molecule has 3 heterocycles. The molecular formula is C13H18N4. The maximum atomic E-state index is 4.31. The van der Waals surface area contributed by atoms with E-state index in [1.54, 1.807) is 0 Å². The molecule has 0 aliphatic carbocycles. The highest BCUT2D eigenvalue weighted by Crippen LogP contribution is 2.18. The first-order valence-electron chi connectivity index (χ1n) is 6.33. The summed E-state index contributed by atoms with van der Waals surface area (Å²) in [4.78, 5) is 2.45. The Morgan fingerprint density at radius 3 is 3.12 bits per heavy atom. The fourth-order valence-corrected chi connectivity index (χ4v) is 2.64. The van der Waals surface area contributed by atoms with E-state index in [1.165, 1.54) is 25.8 Å². The van der Waals surface area contributed by atoms with E-state index in [4.69, 9.17) is 0 Å². The van der Waals surface area contributed by atoms with Gasteiger partial charge in [0.25, 0.3) is 0 Å². The largest absolute Gasteiger partial charge is 0.303 e. The van der Waals surface area contributed by atoms with Crippen molar-refractivity contribution in [1.82, 2.24) is 19.5 Å². The van der Waals surface area contributed by atoms with Gasteiger partial charge in [-0.3, -0.25) is 4.40 Å². The molecule has 1 aliphatic rings. The summed E-state index contributed by atoms with van der Waals surface area (Å²) in [6.45, 7) is 1.21. The topological polar surface area (TPSA) is 33.4 Å². The number of fused-ring (bicyclic) bond motifs is 1. The van der Waals surface area contributed by atoms with Crippen LogP contribution in [-0.4, -0.2) is 39.1 Å². The highest BCUT2D eigenvalue weighted by molar-refractivity contribution is 5.37. The van der Waals surface area contributed by atoms with Crippen LogP contribution in [0.4, 0.5) is 0 Å². The van der Waals surface area contributed by atoms with Crippen LogP contribution in [0.2, 0.25) is 0 Å². The summed E-state index contributed by atoms with van der Waals surface area (Å²) < 4.78 is 2.10. The van der Waals surface area contributed by atoms with Gasteiger partial charge in [-0.25, -0.2) is 0 Å². The predicted octanol–water partition coefficient (Wildman–Crippen LogP) is 1.76. The van der Waals surface area contributed by atoms with Crippen molar-refractivity contribution in [1.29, 1.82) is 0 Å². The maximum absolute atomic E-state index is 4.31. The van der Waals surface area contributed by atoms with Crippen LogP contribution in [0.5, 0.6) is 0 Å². The Morgan fingerprint density at radius 2 is 2.24 bits per heavy atom. The van der Waals surface area contributed by atoms with Gasteiger partial charge in [-0.05, 0) is 38.6 Å². The summed E-state index contributed by atoms with van der Waals surface area (Å²) >= 11 is 0. The quantitative estimate of drug-likeness (QED) is 0.788. The summed E-state index contributed by atoms with van der Waals surface area (Å²) in [5, 5.41) is 8.51. The Labute approximate surface area is 101 Å². The van der Waals surface area contributed by atoms with E-state index in [0.29, 0.717) is 6.04 Å². The number of pyridine rings is 1. The average molecular weight is 230 g/mol. The van der Waals surface area contributed by atoms with Crippen LogP contribution in [0.3, 0.4) is 0 Å². The van der Waals surface area contributed by atoms with E-state index in [-0.39, 0.29) is 0 Å². The number of hydrogen-bond acceptors (Lipinski definition) is 3. The Bertz CT molecular complexity index is 505. The lowest BCUT2D eigenvalue weighted by molar-refractivity contribution is 0.182. The standard InChI is InChI=1S/C13H18N4/c1-16-8-4-2-6-11(16)10-13-15-14-12-7-3-5-9-17(12)13/h3,5,7,9,11H,2,4,6,8,10H2,1H3. The fourth-order valence-electron chi connectivity index (χ4n) is 2.64. The molecule has 1 unspecified atom stereocenters. The molecule has 0 bridgehead atoms. The molecule has 1 aliphatic heterocycles. The van der Waals surface area contributed by atoms with Crippen LogP contribution in [-0.2, 0) is 6.42 Å². The number of likely N-dealkylation sites (N-methyl/N-ethyl adjacent to an activating group) is 1. The lowest BCUT2D eigenvalue weighted by atomic mass is 10.00. The fraction of sp³-hybridized carbons (Fsp3) is 0.538. The van der Waals surface area contributed by atoms with Crippen molar-refractivity contribution in [2.45, 2.75) is 31.7 Å². The number of rotatable bonds is 2. The zero-order valence-electron chi connectivity index (χ0n) is 10.2. The minimum absolute atomic E-state index is 0.622. The number of likely N-dealkylation sites (tertiary alicyclic amines) is 1. The SMILES string of the molecule is CN1CCCCC1Cc1nnc2ccccn12. The van der Waals surface area contributed by atoms with Gasteiger partial charge in [0.2, 0.25) is 0 Å². The summed E-state index contributed by atoms with van der Waals surface area (Å²) in [6.07, 6.45) is 6.99. The molecule has 0 radical (unpaired) electrons. The van der Waals surface area contributed by atoms with Crippen LogP contribution in [0.15, 0.2) is 24.4 Å². The molecule has 0 aromatic carbocycles. The second-order valence-corrected chi connectivity index (χ2v) is 4.88. The molecule has 4 heteroatoms. The molecule has 17 heavy (non-hydrogen) atoms. The second-order valence-electron chi connectivity index (χ2n) is 4.88. The highest BCUT2D eigenvalue weighted by Gasteiger charge is 2.21. The van der Waals surface area contributed by atoms with Crippen LogP contribution in [0.1, 0.15) is 25.1 Å². The molecule has 2 aromatic rings. The van der Waals surface area contributed by atoms with Crippen molar-refractivity contribution in [2.24, 2.45) is 0 Å². The van der Waals surface area contributed by atoms with Crippen molar-refractivity contribution in [3.8, 4) is 0 Å². The molecule has 1 atom stereocenters. The molecule has 0 N–H and O–H groups in total. The lowest BCUT2D eigenvalue weighted by Gasteiger charge is -2.31. The van der Waals surface area contributed by atoms with Gasteiger partial charge < -0.3 is 4.90 Å². The third-order valence-electron chi connectivity index (χ3n) is 3.72. The molecule has 0 amide bonds. The first kappa shape index (κ1) is 10.7. The highest BCUT2D eigenvalue weighted by atomic mass is 15.2. The van der Waals surface area contributed by atoms with Crippen molar-refractivity contribution in [3.63, 3.8) is 0 Å². The van der Waals surface area contributed by atoms with E-state index in [1.807, 2.05) is 24.4 Å². The van der Waals surface area contributed by atoms with Crippen molar-refractivity contribution < 1.29 is 0 Å². The summed E-state index contributed by atoms with van der Waals surface area (Å²) in [6, 6.07) is 6.66. The van der Waals surface area contributed by atoms with Gasteiger partial charge in [-0.15, -0.1) is 10.2 Å². The summed E-state index contributed by atoms with van der Waals surface area (Å²) in [5.74, 6) is 1.08. The maximum Gasteiger partial charge on any atom is 0.160 e. The molecule has 2 aromatic heterocycles. The Morgan fingerprint density at radius 1 is 1.29 bits per heavy atom. The van der Waals surface area contributed by atoms with Gasteiger partial charge in [-0.2, -0.15) is 0 Å². The normalized spacial score (nSPS) is 22.1. The molecule has 0 spiro atoms. The van der Waals surface area contributed by atoms with E-state index in [0.717, 1.165) is 17.9 Å². The Kier molecular flexibility index (Phi) is 2.81. The van der Waals surface area contributed by atoms with Crippen molar-refractivity contribution in [2.75, 3.05) is 13.6 Å². The minimum Gasteiger partial charge on any atom is -0.303 e. The summed E-state index contributed by atoms with van der Waals surface area (Å²) in [7, 11) is 2.22. The van der Waals surface area contributed by atoms with Gasteiger partial charge in [0, 0.05) is 18.7 Å². The molecule has 3 rings (SSSR count). The molecule has 4 nitrogen and oxygen atoms in total. The molecular weight excluding hydrogens is 212 g/mol. The second kappa shape index (κ2) is 4.45. The van der Waals surface area contributed by atoms with Crippen LogP contribution >= 0.6 is 0 Å². The van der Waals surface area contributed by atoms with Gasteiger partial charge in [-0.1, -0.05) is 12.5 Å². The van der Waals surface area contributed by atoms with Crippen LogP contribution in [0, 0.1) is 0 Å². The number of nitrogens with zero attached hydrogens (tertiary/aromatic N) is 4. The lowest BCUT2D eigenvalue weighted by Crippen LogP contribution is -2.38. The average Bonchev–Trinajstić information content (AvgIpc) is 2.76. The van der Waals surface area contributed by atoms with Crippen molar-refractivity contribution in [3.05, 3.63) is 30.2 Å². The molecule has 1 saturated heterocycles. The zero-order valence-corrected chi connectivity index (χ0v) is 10.2. The summed E-state index contributed by atoms with van der Waals surface area (Å²) in [5.41, 5.74) is 0.945. The van der Waals surface area contributed by atoms with E-state index < -0.39 is 0 Å². The Balaban J connectivity index is 1.84. The van der Waals surface area contributed by atoms with Gasteiger partial charge in [0.15, 0.2) is 5.65 Å². The number of piperidine rings is 1. The number of hydrogen-bond donors (Lipinski definition) is 0. The van der Waals surface area contributed by atoms with Gasteiger partial charge in [0.05, 0.1) is 0 Å². The van der Waals surface area contributed by atoms with Crippen molar-refractivity contribution >= 4 is 5.65 Å². The van der Waals surface area contributed by atoms with Crippen LogP contribution in [0.25, 0.3) is 5.65 Å². The van der Waals surface area contributed by atoms with E-state index in [2.05, 4.69) is 26.5 Å². The first-order valence-corrected chi connectivity index (χ1v) is 6.33. The third kappa shape index (κ3) is 2.05. The van der Waals surface area contributed by atoms with Gasteiger partial charge >= 0.3 is 0 Å². The van der Waals surface area contributed by atoms with E-state index in [9.17, 15) is 0 Å². The van der Waals surface area contributed by atoms with E-state index >= 15 is 0 Å². The monoisotopic (exact) mass is 230 g/mol. The Hall–Kier alpha value is -1.42. The minimum atomic E-state index is 0.622.